The Balaban J connectivity index is 1.40. The third-order valence-corrected chi connectivity index (χ3v) is 7.27. The van der Waals surface area contributed by atoms with Gasteiger partial charge in [0.15, 0.2) is 17.3 Å². The summed E-state index contributed by atoms with van der Waals surface area (Å²) in [6.07, 6.45) is 0. The van der Waals surface area contributed by atoms with Crippen molar-refractivity contribution in [2.24, 2.45) is 0 Å². The van der Waals surface area contributed by atoms with E-state index in [0.717, 1.165) is 22.3 Å². The molecule has 0 fully saturated rings. The van der Waals surface area contributed by atoms with Gasteiger partial charge >= 0.3 is 0 Å². The Kier molecular flexibility index (Phi) is 9.11. The summed E-state index contributed by atoms with van der Waals surface area (Å²) in [5.74, 6) is 1.98. The lowest BCUT2D eigenvalue weighted by Crippen LogP contribution is -2.11. The van der Waals surface area contributed by atoms with Crippen LogP contribution >= 0.6 is 0 Å². The van der Waals surface area contributed by atoms with Crippen LogP contribution in [0.3, 0.4) is 0 Å². The topological polar surface area (TPSA) is 67.1 Å². The molecular formula is C39H34O6. The van der Waals surface area contributed by atoms with Gasteiger partial charge < -0.3 is 23.4 Å². The van der Waals surface area contributed by atoms with Crippen molar-refractivity contribution in [1.82, 2.24) is 0 Å². The summed E-state index contributed by atoms with van der Waals surface area (Å²) in [7, 11) is 0. The maximum Gasteiger partial charge on any atom is 0.239 e. The number of ether oxygens (including phenoxy) is 4. The molecule has 1 aromatic heterocycles. The molecule has 0 bridgehead atoms. The van der Waals surface area contributed by atoms with Gasteiger partial charge in [0.1, 0.15) is 36.5 Å². The van der Waals surface area contributed by atoms with Crippen LogP contribution in [0.25, 0.3) is 22.3 Å². The van der Waals surface area contributed by atoms with E-state index in [9.17, 15) is 4.79 Å². The Labute approximate surface area is 262 Å². The van der Waals surface area contributed by atoms with Crippen LogP contribution in [-0.4, -0.2) is 6.61 Å². The first-order valence-corrected chi connectivity index (χ1v) is 15.0. The SMILES string of the molecule is CCOc1c(-c2ccc(OCc3ccccc3)c(OCc3ccccc3)c2)oc2cc(C)cc(OCc3ccccc3)c2c1=O. The molecule has 226 valence electrons. The third-order valence-electron chi connectivity index (χ3n) is 7.27. The second-order valence-corrected chi connectivity index (χ2v) is 10.6. The minimum atomic E-state index is -0.299. The van der Waals surface area contributed by atoms with Crippen molar-refractivity contribution < 1.29 is 23.4 Å². The van der Waals surface area contributed by atoms with E-state index in [2.05, 4.69) is 0 Å². The highest BCUT2D eigenvalue weighted by atomic mass is 16.5. The summed E-state index contributed by atoms with van der Waals surface area (Å²) in [6.45, 7) is 5.10. The fourth-order valence-electron chi connectivity index (χ4n) is 5.06. The second-order valence-electron chi connectivity index (χ2n) is 10.6. The quantitative estimate of drug-likeness (QED) is 0.140. The first kappa shape index (κ1) is 29.6. The second kappa shape index (κ2) is 13.9. The highest BCUT2D eigenvalue weighted by molar-refractivity contribution is 5.88. The van der Waals surface area contributed by atoms with Gasteiger partial charge in [-0.25, -0.2) is 0 Å². The average Bonchev–Trinajstić information content (AvgIpc) is 3.08. The number of rotatable bonds is 12. The Morgan fingerprint density at radius 1 is 0.578 bits per heavy atom. The van der Waals surface area contributed by atoms with E-state index in [0.29, 0.717) is 59.4 Å². The minimum absolute atomic E-state index is 0.116. The number of benzene rings is 5. The molecule has 1 heterocycles. The Morgan fingerprint density at radius 3 is 1.67 bits per heavy atom. The molecule has 0 radical (unpaired) electrons. The maximum atomic E-state index is 14.1. The van der Waals surface area contributed by atoms with Crippen LogP contribution in [0.4, 0.5) is 0 Å². The van der Waals surface area contributed by atoms with E-state index in [1.165, 1.54) is 0 Å². The fourth-order valence-corrected chi connectivity index (χ4v) is 5.06. The predicted octanol–water partition coefficient (Wildman–Crippen LogP) is 8.90. The molecule has 5 aromatic carbocycles. The van der Waals surface area contributed by atoms with Crippen LogP contribution < -0.4 is 24.4 Å². The Morgan fingerprint density at radius 2 is 1.11 bits per heavy atom. The summed E-state index contributed by atoms with van der Waals surface area (Å²) in [5.41, 5.74) is 4.69. The molecule has 0 saturated heterocycles. The van der Waals surface area contributed by atoms with E-state index in [-0.39, 0.29) is 17.8 Å². The molecule has 0 aliphatic rings. The van der Waals surface area contributed by atoms with Crippen LogP contribution in [0.15, 0.2) is 131 Å². The smallest absolute Gasteiger partial charge is 0.239 e. The molecule has 6 heteroatoms. The summed E-state index contributed by atoms with van der Waals surface area (Å²) >= 11 is 0. The van der Waals surface area contributed by atoms with E-state index in [1.54, 1.807) is 0 Å². The van der Waals surface area contributed by atoms with Crippen molar-refractivity contribution in [3.63, 3.8) is 0 Å². The van der Waals surface area contributed by atoms with Gasteiger partial charge in [-0.2, -0.15) is 0 Å². The minimum Gasteiger partial charge on any atom is -0.488 e. The maximum absolute atomic E-state index is 14.1. The summed E-state index contributed by atoms with van der Waals surface area (Å²) in [5, 5.41) is 0.340. The summed E-state index contributed by atoms with van der Waals surface area (Å²) in [6, 6.07) is 38.9. The highest BCUT2D eigenvalue weighted by Gasteiger charge is 2.22. The molecule has 45 heavy (non-hydrogen) atoms. The van der Waals surface area contributed by atoms with Crippen molar-refractivity contribution in [2.75, 3.05) is 6.61 Å². The molecule has 0 saturated carbocycles. The normalized spacial score (nSPS) is 10.9. The fraction of sp³-hybridized carbons (Fsp3) is 0.154. The lowest BCUT2D eigenvalue weighted by Gasteiger charge is -2.17. The Bertz CT molecular complexity index is 1930. The van der Waals surface area contributed by atoms with Crippen molar-refractivity contribution in [1.29, 1.82) is 0 Å². The molecule has 6 nitrogen and oxygen atoms in total. The summed E-state index contributed by atoms with van der Waals surface area (Å²) < 4.78 is 31.1. The number of fused-ring (bicyclic) bond motifs is 1. The van der Waals surface area contributed by atoms with Crippen molar-refractivity contribution in [3.05, 3.63) is 154 Å². The molecule has 6 rings (SSSR count). The standard InChI is InChI=1S/C39H34O6/c1-3-41-39-37(40)36-34(44-26-30-17-11-6-12-18-30)21-27(2)22-35(36)45-38(39)31-19-20-32(42-24-28-13-7-4-8-14-28)33(23-31)43-25-29-15-9-5-10-16-29/h4-23H,3,24-26H2,1-2H3. The van der Waals surface area contributed by atoms with Crippen molar-refractivity contribution >= 4 is 11.0 Å². The van der Waals surface area contributed by atoms with Gasteiger partial charge in [-0.15, -0.1) is 0 Å². The number of aryl methyl sites for hydroxylation is 1. The molecule has 0 unspecified atom stereocenters. The monoisotopic (exact) mass is 598 g/mol. The van der Waals surface area contributed by atoms with Gasteiger partial charge in [0.25, 0.3) is 0 Å². The first-order valence-electron chi connectivity index (χ1n) is 15.0. The number of hydrogen-bond donors (Lipinski definition) is 0. The lowest BCUT2D eigenvalue weighted by molar-refractivity contribution is 0.256. The van der Waals surface area contributed by atoms with Gasteiger partial charge in [0, 0.05) is 5.56 Å². The van der Waals surface area contributed by atoms with Gasteiger partial charge in [-0.05, 0) is 66.4 Å². The molecule has 0 atom stereocenters. The molecular weight excluding hydrogens is 564 g/mol. The van der Waals surface area contributed by atoms with E-state index >= 15 is 0 Å². The largest absolute Gasteiger partial charge is 0.488 e. The first-order chi connectivity index (χ1) is 22.1. The molecule has 0 amide bonds. The molecule has 0 aliphatic heterocycles. The zero-order chi connectivity index (χ0) is 31.0. The lowest BCUT2D eigenvalue weighted by atomic mass is 10.1. The highest BCUT2D eigenvalue weighted by Crippen LogP contribution is 2.39. The van der Waals surface area contributed by atoms with Gasteiger partial charge in [0.05, 0.1) is 6.61 Å². The van der Waals surface area contributed by atoms with Crippen molar-refractivity contribution in [2.45, 2.75) is 33.7 Å². The van der Waals surface area contributed by atoms with E-state index in [1.807, 2.05) is 135 Å². The van der Waals surface area contributed by atoms with Crippen LogP contribution in [0.2, 0.25) is 0 Å². The van der Waals surface area contributed by atoms with Gasteiger partial charge in [-0.1, -0.05) is 91.0 Å². The van der Waals surface area contributed by atoms with Crippen LogP contribution in [0.5, 0.6) is 23.0 Å². The molecule has 0 N–H and O–H groups in total. The van der Waals surface area contributed by atoms with Crippen LogP contribution in [0, 0.1) is 6.92 Å². The van der Waals surface area contributed by atoms with Gasteiger partial charge in [0.2, 0.25) is 11.2 Å². The third kappa shape index (κ3) is 7.02. The Hall–Kier alpha value is -5.49. The van der Waals surface area contributed by atoms with E-state index < -0.39 is 0 Å². The van der Waals surface area contributed by atoms with E-state index in [4.69, 9.17) is 23.4 Å². The average molecular weight is 599 g/mol. The molecule has 0 aliphatic carbocycles. The number of hydrogen-bond acceptors (Lipinski definition) is 6. The predicted molar refractivity (Wildman–Crippen MR) is 176 cm³/mol. The zero-order valence-electron chi connectivity index (χ0n) is 25.3. The summed E-state index contributed by atoms with van der Waals surface area (Å²) in [4.78, 5) is 14.1. The van der Waals surface area contributed by atoms with Crippen molar-refractivity contribution in [3.8, 4) is 34.3 Å². The van der Waals surface area contributed by atoms with Gasteiger partial charge in [-0.3, -0.25) is 4.79 Å². The zero-order valence-corrected chi connectivity index (χ0v) is 25.3. The molecule has 0 spiro atoms. The van der Waals surface area contributed by atoms with Crippen LogP contribution in [-0.2, 0) is 19.8 Å². The molecule has 6 aromatic rings. The van der Waals surface area contributed by atoms with Crippen LogP contribution in [0.1, 0.15) is 29.2 Å².